The number of sulfonamides is 1. The van der Waals surface area contributed by atoms with Gasteiger partial charge in [-0.05, 0) is 31.4 Å². The van der Waals surface area contributed by atoms with Gasteiger partial charge >= 0.3 is 0 Å². The molecule has 1 fully saturated rings. The molecule has 1 saturated carbocycles. The van der Waals surface area contributed by atoms with Crippen LogP contribution in [0, 0.1) is 6.92 Å². The number of aryl methyl sites for hydroxylation is 1. The van der Waals surface area contributed by atoms with Crippen molar-refractivity contribution >= 4 is 32.9 Å². The van der Waals surface area contributed by atoms with E-state index in [1.165, 1.54) is 0 Å². The SMILES string of the molecule is Cc1ccc(C(N)=S)cc1NS(=O)(=O)C1CC1. The molecule has 1 aromatic rings. The summed E-state index contributed by atoms with van der Waals surface area (Å²) in [4.78, 5) is 0.261. The summed E-state index contributed by atoms with van der Waals surface area (Å²) in [6.45, 7) is 1.84. The van der Waals surface area contributed by atoms with Crippen molar-refractivity contribution in [2.24, 2.45) is 5.73 Å². The van der Waals surface area contributed by atoms with Crippen molar-refractivity contribution in [1.29, 1.82) is 0 Å². The van der Waals surface area contributed by atoms with Crippen LogP contribution < -0.4 is 10.5 Å². The third-order valence-electron chi connectivity index (χ3n) is 2.74. The van der Waals surface area contributed by atoms with E-state index in [-0.39, 0.29) is 10.2 Å². The van der Waals surface area contributed by atoms with E-state index in [0.717, 1.165) is 18.4 Å². The molecule has 6 heteroatoms. The standard InChI is InChI=1S/C11H14N2O2S2/c1-7-2-3-8(11(12)16)6-10(7)13-17(14,15)9-4-5-9/h2-3,6,9,13H,4-5H2,1H3,(H2,12,16). The normalized spacial score (nSPS) is 15.6. The molecule has 0 aromatic heterocycles. The zero-order valence-electron chi connectivity index (χ0n) is 9.43. The highest BCUT2D eigenvalue weighted by Gasteiger charge is 2.35. The molecule has 0 atom stereocenters. The Morgan fingerprint density at radius 3 is 2.65 bits per heavy atom. The maximum absolute atomic E-state index is 11.8. The molecular weight excluding hydrogens is 256 g/mol. The molecule has 0 heterocycles. The number of nitrogens with one attached hydrogen (secondary N) is 1. The molecule has 92 valence electrons. The van der Waals surface area contributed by atoms with Gasteiger partial charge in [-0.15, -0.1) is 0 Å². The number of hydrogen-bond donors (Lipinski definition) is 2. The van der Waals surface area contributed by atoms with E-state index in [4.69, 9.17) is 18.0 Å². The second-order valence-electron chi connectivity index (χ2n) is 4.24. The molecule has 0 aliphatic heterocycles. The van der Waals surface area contributed by atoms with Gasteiger partial charge in [0.2, 0.25) is 10.0 Å². The van der Waals surface area contributed by atoms with Gasteiger partial charge in [-0.1, -0.05) is 24.4 Å². The van der Waals surface area contributed by atoms with Crippen LogP contribution in [-0.4, -0.2) is 18.7 Å². The Morgan fingerprint density at radius 1 is 1.47 bits per heavy atom. The molecule has 0 amide bonds. The lowest BCUT2D eigenvalue weighted by atomic mass is 10.1. The van der Waals surface area contributed by atoms with Crippen molar-refractivity contribution in [2.45, 2.75) is 25.0 Å². The summed E-state index contributed by atoms with van der Waals surface area (Å²) < 4.78 is 26.2. The first-order chi connectivity index (χ1) is 7.90. The molecule has 4 nitrogen and oxygen atoms in total. The highest BCUT2D eigenvalue weighted by Crippen LogP contribution is 2.30. The van der Waals surface area contributed by atoms with E-state index >= 15 is 0 Å². The fraction of sp³-hybridized carbons (Fsp3) is 0.364. The number of thiocarbonyl (C=S) groups is 1. The van der Waals surface area contributed by atoms with Crippen molar-refractivity contribution < 1.29 is 8.42 Å². The molecule has 0 spiro atoms. The Kier molecular flexibility index (Phi) is 3.09. The maximum atomic E-state index is 11.8. The average Bonchev–Trinajstić information content (AvgIpc) is 3.04. The fourth-order valence-electron chi connectivity index (χ4n) is 1.50. The topological polar surface area (TPSA) is 72.2 Å². The molecule has 1 aliphatic carbocycles. The van der Waals surface area contributed by atoms with Crippen LogP contribution >= 0.6 is 12.2 Å². The Bertz CT molecular complexity index is 563. The molecule has 0 radical (unpaired) electrons. The number of nitrogens with two attached hydrogens (primary N) is 1. The third kappa shape index (κ3) is 2.76. The molecule has 17 heavy (non-hydrogen) atoms. The van der Waals surface area contributed by atoms with Crippen LogP contribution in [0.2, 0.25) is 0 Å². The van der Waals surface area contributed by atoms with Crippen LogP contribution in [0.5, 0.6) is 0 Å². The van der Waals surface area contributed by atoms with Gasteiger partial charge < -0.3 is 5.73 Å². The highest BCUT2D eigenvalue weighted by molar-refractivity contribution is 7.93. The number of anilines is 1. The van der Waals surface area contributed by atoms with Crippen LogP contribution in [0.4, 0.5) is 5.69 Å². The number of benzene rings is 1. The zero-order valence-corrected chi connectivity index (χ0v) is 11.1. The Labute approximate surface area is 106 Å². The minimum absolute atomic E-state index is 0.240. The van der Waals surface area contributed by atoms with Gasteiger partial charge in [-0.25, -0.2) is 8.42 Å². The van der Waals surface area contributed by atoms with Crippen LogP contribution in [0.15, 0.2) is 18.2 Å². The second kappa shape index (κ2) is 4.27. The van der Waals surface area contributed by atoms with Gasteiger partial charge in [0.15, 0.2) is 0 Å². The van der Waals surface area contributed by atoms with E-state index in [1.54, 1.807) is 18.2 Å². The Hall–Kier alpha value is -1.14. The summed E-state index contributed by atoms with van der Waals surface area (Å²) >= 11 is 4.87. The first kappa shape index (κ1) is 12.3. The summed E-state index contributed by atoms with van der Waals surface area (Å²) in [5.41, 5.74) is 7.60. The lowest BCUT2D eigenvalue weighted by molar-refractivity contribution is 0.600. The molecular formula is C11H14N2O2S2. The molecule has 0 saturated heterocycles. The highest BCUT2D eigenvalue weighted by atomic mass is 32.2. The molecule has 1 aromatic carbocycles. The second-order valence-corrected chi connectivity index (χ2v) is 6.64. The van der Waals surface area contributed by atoms with Gasteiger partial charge in [0.25, 0.3) is 0 Å². The minimum Gasteiger partial charge on any atom is -0.389 e. The van der Waals surface area contributed by atoms with Crippen LogP contribution in [0.3, 0.4) is 0 Å². The van der Waals surface area contributed by atoms with E-state index < -0.39 is 10.0 Å². The summed E-state index contributed by atoms with van der Waals surface area (Å²) in [6.07, 6.45) is 1.48. The van der Waals surface area contributed by atoms with Crippen molar-refractivity contribution in [3.8, 4) is 0 Å². The lowest BCUT2D eigenvalue weighted by Crippen LogP contribution is -2.18. The predicted molar refractivity (Wildman–Crippen MR) is 72.6 cm³/mol. The van der Waals surface area contributed by atoms with Crippen LogP contribution in [0.1, 0.15) is 24.0 Å². The molecule has 1 aliphatic rings. The van der Waals surface area contributed by atoms with Crippen molar-refractivity contribution in [3.63, 3.8) is 0 Å². The summed E-state index contributed by atoms with van der Waals surface area (Å²) in [5, 5.41) is -0.240. The maximum Gasteiger partial charge on any atom is 0.235 e. The van der Waals surface area contributed by atoms with Crippen molar-refractivity contribution in [2.75, 3.05) is 4.72 Å². The number of hydrogen-bond acceptors (Lipinski definition) is 3. The molecule has 0 unspecified atom stereocenters. The first-order valence-electron chi connectivity index (χ1n) is 5.32. The monoisotopic (exact) mass is 270 g/mol. The van der Waals surface area contributed by atoms with Gasteiger partial charge in [-0.3, -0.25) is 4.72 Å². The smallest absolute Gasteiger partial charge is 0.235 e. The Morgan fingerprint density at radius 2 is 2.12 bits per heavy atom. The van der Waals surface area contributed by atoms with E-state index in [0.29, 0.717) is 11.3 Å². The van der Waals surface area contributed by atoms with E-state index in [9.17, 15) is 8.42 Å². The van der Waals surface area contributed by atoms with Gasteiger partial charge in [-0.2, -0.15) is 0 Å². The van der Waals surface area contributed by atoms with Gasteiger partial charge in [0, 0.05) is 5.56 Å². The van der Waals surface area contributed by atoms with Crippen molar-refractivity contribution in [1.82, 2.24) is 0 Å². The summed E-state index contributed by atoms with van der Waals surface area (Å²) in [5.74, 6) is 0. The van der Waals surface area contributed by atoms with E-state index in [2.05, 4.69) is 4.72 Å². The first-order valence-corrected chi connectivity index (χ1v) is 7.28. The fourth-order valence-corrected chi connectivity index (χ4v) is 3.08. The number of rotatable bonds is 4. The Balaban J connectivity index is 2.31. The predicted octanol–water partition coefficient (Wildman–Crippen LogP) is 1.53. The minimum atomic E-state index is -3.24. The van der Waals surface area contributed by atoms with Gasteiger partial charge in [0.1, 0.15) is 4.99 Å². The lowest BCUT2D eigenvalue weighted by Gasteiger charge is -2.11. The molecule has 2 rings (SSSR count). The quantitative estimate of drug-likeness (QED) is 0.814. The summed E-state index contributed by atoms with van der Waals surface area (Å²) in [7, 11) is -3.24. The van der Waals surface area contributed by atoms with Gasteiger partial charge in [0.05, 0.1) is 10.9 Å². The van der Waals surface area contributed by atoms with Crippen LogP contribution in [-0.2, 0) is 10.0 Å². The third-order valence-corrected chi connectivity index (χ3v) is 4.83. The average molecular weight is 270 g/mol. The molecule has 3 N–H and O–H groups in total. The summed E-state index contributed by atoms with van der Waals surface area (Å²) in [6, 6.07) is 5.27. The van der Waals surface area contributed by atoms with Crippen molar-refractivity contribution in [3.05, 3.63) is 29.3 Å². The van der Waals surface area contributed by atoms with E-state index in [1.807, 2.05) is 6.92 Å². The largest absolute Gasteiger partial charge is 0.389 e. The van der Waals surface area contributed by atoms with Crippen LogP contribution in [0.25, 0.3) is 0 Å². The molecule has 0 bridgehead atoms. The zero-order chi connectivity index (χ0) is 12.6.